The number of benzene rings is 1. The average molecular weight is 227 g/mol. The molecule has 2 rings (SSSR count). The molecule has 14 heavy (non-hydrogen) atoms. The first kappa shape index (κ1) is 9.74. The van der Waals surface area contributed by atoms with Crippen molar-refractivity contribution in [1.29, 1.82) is 0 Å². The summed E-state index contributed by atoms with van der Waals surface area (Å²) in [5.41, 5.74) is 6.53. The zero-order valence-corrected chi connectivity index (χ0v) is 9.62. The molecule has 1 heterocycles. The van der Waals surface area contributed by atoms with Crippen molar-refractivity contribution in [2.45, 2.75) is 13.8 Å². The standard InChI is InChI=1S/C10H11ClN2S/c1-7-3-4-9(5-10(7)11)13-12-8(2)6-14-13/h3-6,12H,1-2H3. The Hall–Kier alpha value is -0.800. The summed E-state index contributed by atoms with van der Waals surface area (Å²) in [7, 11) is 0. The van der Waals surface area contributed by atoms with E-state index in [0.29, 0.717) is 0 Å². The van der Waals surface area contributed by atoms with Crippen molar-refractivity contribution in [1.82, 2.24) is 5.43 Å². The first-order valence-electron chi connectivity index (χ1n) is 4.33. The Balaban J connectivity index is 2.22. The average Bonchev–Trinajstić information content (AvgIpc) is 2.57. The third-order valence-corrected chi connectivity index (χ3v) is 3.38. The van der Waals surface area contributed by atoms with Crippen molar-refractivity contribution in [3.05, 3.63) is 39.9 Å². The maximum absolute atomic E-state index is 6.05. The molecule has 1 aliphatic rings. The van der Waals surface area contributed by atoms with Gasteiger partial charge in [0.25, 0.3) is 0 Å². The number of nitrogens with zero attached hydrogens (tertiary/aromatic N) is 1. The minimum Gasteiger partial charge on any atom is -0.292 e. The molecule has 0 amide bonds. The number of halogens is 1. The summed E-state index contributed by atoms with van der Waals surface area (Å²) in [5, 5.41) is 2.86. The minimum atomic E-state index is 0.800. The number of rotatable bonds is 1. The van der Waals surface area contributed by atoms with Gasteiger partial charge in [0.05, 0.1) is 5.69 Å². The van der Waals surface area contributed by atoms with Crippen molar-refractivity contribution in [3.8, 4) is 0 Å². The summed E-state index contributed by atoms with van der Waals surface area (Å²) in [6.45, 7) is 4.03. The van der Waals surface area contributed by atoms with E-state index >= 15 is 0 Å². The monoisotopic (exact) mass is 226 g/mol. The second-order valence-electron chi connectivity index (χ2n) is 3.25. The summed E-state index contributed by atoms with van der Waals surface area (Å²) in [6, 6.07) is 6.03. The number of aryl methyl sites for hydroxylation is 1. The molecular weight excluding hydrogens is 216 g/mol. The molecule has 0 fully saturated rings. The predicted molar refractivity (Wildman–Crippen MR) is 63.2 cm³/mol. The lowest BCUT2D eigenvalue weighted by Gasteiger charge is -2.18. The zero-order valence-electron chi connectivity index (χ0n) is 8.04. The molecular formula is C10H11ClN2S. The summed E-state index contributed by atoms with van der Waals surface area (Å²) in [4.78, 5) is 0. The SMILES string of the molecule is CC1=CSN(c2ccc(C)c(Cl)c2)N1. The highest BCUT2D eigenvalue weighted by molar-refractivity contribution is 8.03. The molecule has 0 radical (unpaired) electrons. The fourth-order valence-electron chi connectivity index (χ4n) is 1.18. The molecule has 0 spiro atoms. The van der Waals surface area contributed by atoms with Crippen molar-refractivity contribution < 1.29 is 0 Å². The van der Waals surface area contributed by atoms with Crippen LogP contribution in [0.2, 0.25) is 5.02 Å². The van der Waals surface area contributed by atoms with E-state index in [1.54, 1.807) is 11.9 Å². The quantitative estimate of drug-likeness (QED) is 0.739. The second-order valence-corrected chi connectivity index (χ2v) is 4.46. The van der Waals surface area contributed by atoms with Crippen LogP contribution in [0.4, 0.5) is 5.69 Å². The van der Waals surface area contributed by atoms with Gasteiger partial charge in [0, 0.05) is 28.1 Å². The first-order chi connectivity index (χ1) is 6.66. The van der Waals surface area contributed by atoms with Crippen LogP contribution in [0.5, 0.6) is 0 Å². The Morgan fingerprint density at radius 3 is 2.71 bits per heavy atom. The third-order valence-electron chi connectivity index (χ3n) is 2.00. The first-order valence-corrected chi connectivity index (χ1v) is 5.55. The number of allylic oxidation sites excluding steroid dienone is 1. The Bertz CT molecular complexity index is 390. The summed E-state index contributed by atoms with van der Waals surface area (Å²) < 4.78 is 1.99. The van der Waals surface area contributed by atoms with Crippen molar-refractivity contribution >= 4 is 29.2 Å². The molecule has 74 valence electrons. The predicted octanol–water partition coefficient (Wildman–Crippen LogP) is 3.48. The van der Waals surface area contributed by atoms with Gasteiger partial charge >= 0.3 is 0 Å². The summed E-state index contributed by atoms with van der Waals surface area (Å²) in [5.74, 6) is 0. The molecule has 1 N–H and O–H groups in total. The van der Waals surface area contributed by atoms with Crippen LogP contribution in [0.1, 0.15) is 12.5 Å². The van der Waals surface area contributed by atoms with Gasteiger partial charge in [0.2, 0.25) is 0 Å². The smallest absolute Gasteiger partial charge is 0.0719 e. The molecule has 2 nitrogen and oxygen atoms in total. The van der Waals surface area contributed by atoms with Gasteiger partial charge in [-0.1, -0.05) is 17.7 Å². The van der Waals surface area contributed by atoms with Gasteiger partial charge in [-0.25, -0.2) is 4.41 Å². The molecule has 4 heteroatoms. The van der Waals surface area contributed by atoms with E-state index in [2.05, 4.69) is 10.8 Å². The number of nitrogens with one attached hydrogen (secondary N) is 1. The minimum absolute atomic E-state index is 0.800. The van der Waals surface area contributed by atoms with E-state index < -0.39 is 0 Å². The third kappa shape index (κ3) is 1.83. The lowest BCUT2D eigenvalue weighted by Crippen LogP contribution is -2.25. The van der Waals surface area contributed by atoms with Gasteiger partial charge in [0.15, 0.2) is 0 Å². The molecule has 1 aliphatic heterocycles. The highest BCUT2D eigenvalue weighted by atomic mass is 35.5. The fourth-order valence-corrected chi connectivity index (χ4v) is 2.10. The van der Waals surface area contributed by atoms with Gasteiger partial charge in [-0.3, -0.25) is 5.43 Å². The van der Waals surface area contributed by atoms with E-state index in [1.807, 2.05) is 36.5 Å². The van der Waals surface area contributed by atoms with Crippen LogP contribution in [0.3, 0.4) is 0 Å². The molecule has 0 unspecified atom stereocenters. The van der Waals surface area contributed by atoms with Crippen LogP contribution in [0.15, 0.2) is 29.3 Å². The maximum atomic E-state index is 6.05. The Kier molecular flexibility index (Phi) is 2.61. The van der Waals surface area contributed by atoms with E-state index in [4.69, 9.17) is 11.6 Å². The number of hydrazine groups is 1. The van der Waals surface area contributed by atoms with Crippen LogP contribution < -0.4 is 9.84 Å². The number of hydrogen-bond donors (Lipinski definition) is 1. The van der Waals surface area contributed by atoms with Gasteiger partial charge in [-0.15, -0.1) is 0 Å². The van der Waals surface area contributed by atoms with Gasteiger partial charge < -0.3 is 0 Å². The number of anilines is 1. The molecule has 0 saturated carbocycles. The van der Waals surface area contributed by atoms with E-state index in [0.717, 1.165) is 22.0 Å². The number of hydrogen-bond acceptors (Lipinski definition) is 3. The van der Waals surface area contributed by atoms with E-state index in [-0.39, 0.29) is 0 Å². The second kappa shape index (κ2) is 3.75. The topological polar surface area (TPSA) is 15.3 Å². The fraction of sp³-hybridized carbons (Fsp3) is 0.200. The van der Waals surface area contributed by atoms with Crippen molar-refractivity contribution in [2.24, 2.45) is 0 Å². The molecule has 0 atom stereocenters. The Labute approximate surface area is 93.0 Å². The Morgan fingerprint density at radius 2 is 2.14 bits per heavy atom. The van der Waals surface area contributed by atoms with E-state index in [1.165, 1.54) is 0 Å². The van der Waals surface area contributed by atoms with Crippen LogP contribution >= 0.6 is 23.5 Å². The lowest BCUT2D eigenvalue weighted by atomic mass is 10.2. The molecule has 1 aromatic rings. The molecule has 0 saturated heterocycles. The van der Waals surface area contributed by atoms with Crippen LogP contribution in [-0.4, -0.2) is 0 Å². The molecule has 1 aromatic carbocycles. The largest absolute Gasteiger partial charge is 0.292 e. The highest BCUT2D eigenvalue weighted by Gasteiger charge is 2.12. The van der Waals surface area contributed by atoms with Crippen molar-refractivity contribution in [3.63, 3.8) is 0 Å². The normalized spacial score (nSPS) is 15.4. The van der Waals surface area contributed by atoms with Crippen LogP contribution in [-0.2, 0) is 0 Å². The molecule has 0 aromatic heterocycles. The lowest BCUT2D eigenvalue weighted by molar-refractivity contribution is 0.908. The van der Waals surface area contributed by atoms with Gasteiger partial charge in [0.1, 0.15) is 0 Å². The van der Waals surface area contributed by atoms with Crippen LogP contribution in [0.25, 0.3) is 0 Å². The summed E-state index contributed by atoms with van der Waals surface area (Å²) >= 11 is 7.67. The van der Waals surface area contributed by atoms with Crippen LogP contribution in [0, 0.1) is 6.92 Å². The van der Waals surface area contributed by atoms with Gasteiger partial charge in [-0.05, 0) is 31.5 Å². The maximum Gasteiger partial charge on any atom is 0.0719 e. The van der Waals surface area contributed by atoms with Gasteiger partial charge in [-0.2, -0.15) is 0 Å². The molecule has 0 aliphatic carbocycles. The van der Waals surface area contributed by atoms with Crippen molar-refractivity contribution in [2.75, 3.05) is 4.41 Å². The molecule has 0 bridgehead atoms. The summed E-state index contributed by atoms with van der Waals surface area (Å²) in [6.07, 6.45) is 0. The van der Waals surface area contributed by atoms with E-state index in [9.17, 15) is 0 Å². The Morgan fingerprint density at radius 1 is 1.36 bits per heavy atom. The highest BCUT2D eigenvalue weighted by Crippen LogP contribution is 2.29. The zero-order chi connectivity index (χ0) is 10.1.